The summed E-state index contributed by atoms with van der Waals surface area (Å²) in [5, 5.41) is 6.89. The van der Waals surface area contributed by atoms with Crippen molar-refractivity contribution in [3.05, 3.63) is 50.4 Å². The predicted molar refractivity (Wildman–Crippen MR) is 85.7 cm³/mol. The zero-order valence-corrected chi connectivity index (χ0v) is 13.7. The van der Waals surface area contributed by atoms with Crippen molar-refractivity contribution >= 4 is 27.3 Å². The van der Waals surface area contributed by atoms with E-state index in [-0.39, 0.29) is 0 Å². The number of thiazole rings is 1. The number of hydrogen-bond acceptors (Lipinski definition) is 3. The van der Waals surface area contributed by atoms with Gasteiger partial charge in [0.05, 0.1) is 16.7 Å². The molecular formula is C15H19BrN2S. The minimum absolute atomic E-state index is 0.295. The van der Waals surface area contributed by atoms with Crippen molar-refractivity contribution in [2.75, 3.05) is 6.54 Å². The molecule has 0 fully saturated rings. The Balaban J connectivity index is 2.16. The Labute approximate surface area is 127 Å². The topological polar surface area (TPSA) is 24.9 Å². The number of aryl methyl sites for hydroxylation is 1. The number of benzene rings is 1. The molecule has 0 aliphatic rings. The number of halogens is 1. The second-order valence-electron chi connectivity index (χ2n) is 4.59. The summed E-state index contributed by atoms with van der Waals surface area (Å²) >= 11 is 5.34. The first-order valence-electron chi connectivity index (χ1n) is 6.59. The van der Waals surface area contributed by atoms with E-state index in [0.29, 0.717) is 6.04 Å². The molecule has 0 saturated heterocycles. The molecule has 19 heavy (non-hydrogen) atoms. The molecule has 0 bridgehead atoms. The van der Waals surface area contributed by atoms with E-state index in [1.165, 1.54) is 10.0 Å². The summed E-state index contributed by atoms with van der Waals surface area (Å²) in [6.45, 7) is 5.27. The molecule has 0 aliphatic heterocycles. The lowest BCUT2D eigenvalue weighted by atomic mass is 10.0. The maximum absolute atomic E-state index is 4.63. The van der Waals surface area contributed by atoms with Gasteiger partial charge in [0.1, 0.15) is 0 Å². The summed E-state index contributed by atoms with van der Waals surface area (Å²) in [6, 6.07) is 8.70. The summed E-state index contributed by atoms with van der Waals surface area (Å²) < 4.78 is 1.17. The van der Waals surface area contributed by atoms with E-state index in [2.05, 4.69) is 69.7 Å². The lowest BCUT2D eigenvalue weighted by Gasteiger charge is -2.17. The number of nitrogens with one attached hydrogen (secondary N) is 1. The van der Waals surface area contributed by atoms with Crippen molar-refractivity contribution in [3.8, 4) is 0 Å². The molecule has 0 amide bonds. The third-order valence-corrected chi connectivity index (χ3v) is 4.58. The van der Waals surface area contributed by atoms with E-state index in [4.69, 9.17) is 0 Å². The Bertz CT molecular complexity index is 524. The van der Waals surface area contributed by atoms with Crippen LogP contribution in [0.3, 0.4) is 0 Å². The van der Waals surface area contributed by atoms with Gasteiger partial charge in [-0.1, -0.05) is 41.1 Å². The Hall–Kier alpha value is -0.710. The van der Waals surface area contributed by atoms with Gasteiger partial charge >= 0.3 is 0 Å². The van der Waals surface area contributed by atoms with E-state index in [1.54, 1.807) is 11.3 Å². The van der Waals surface area contributed by atoms with Gasteiger partial charge in [-0.2, -0.15) is 0 Å². The SMILES string of the molecule is CCCNC(Cc1ccccc1Br)c1csc(C)n1. The standard InChI is InChI=1S/C15H19BrN2S/c1-3-8-17-14(15-10-19-11(2)18-15)9-12-6-4-5-7-13(12)16/h4-7,10,14,17H,3,8-9H2,1-2H3. The van der Waals surface area contributed by atoms with Crippen LogP contribution in [0.5, 0.6) is 0 Å². The highest BCUT2D eigenvalue weighted by atomic mass is 79.9. The average molecular weight is 339 g/mol. The largest absolute Gasteiger partial charge is 0.308 e. The molecule has 0 spiro atoms. The van der Waals surface area contributed by atoms with Crippen molar-refractivity contribution in [1.82, 2.24) is 10.3 Å². The minimum atomic E-state index is 0.295. The van der Waals surface area contributed by atoms with Gasteiger partial charge in [-0.25, -0.2) is 4.98 Å². The minimum Gasteiger partial charge on any atom is -0.308 e. The van der Waals surface area contributed by atoms with Gasteiger partial charge < -0.3 is 5.32 Å². The molecule has 1 aromatic heterocycles. The summed E-state index contributed by atoms with van der Waals surface area (Å²) in [4.78, 5) is 4.63. The van der Waals surface area contributed by atoms with E-state index < -0.39 is 0 Å². The van der Waals surface area contributed by atoms with Crippen LogP contribution in [0.25, 0.3) is 0 Å². The molecule has 0 aliphatic carbocycles. The molecule has 2 aromatic rings. The van der Waals surface area contributed by atoms with Gasteiger partial charge in [-0.05, 0) is 37.9 Å². The Kier molecular flexibility index (Phi) is 5.55. The Morgan fingerprint density at radius 2 is 2.16 bits per heavy atom. The fraction of sp³-hybridized carbons (Fsp3) is 0.400. The highest BCUT2D eigenvalue weighted by Gasteiger charge is 2.15. The zero-order valence-electron chi connectivity index (χ0n) is 11.3. The molecule has 102 valence electrons. The second kappa shape index (κ2) is 7.17. The fourth-order valence-electron chi connectivity index (χ4n) is 2.02. The maximum atomic E-state index is 4.63. The van der Waals surface area contributed by atoms with Crippen molar-refractivity contribution in [1.29, 1.82) is 0 Å². The Morgan fingerprint density at radius 1 is 1.37 bits per heavy atom. The van der Waals surface area contributed by atoms with Gasteiger partial charge in [0.2, 0.25) is 0 Å². The maximum Gasteiger partial charge on any atom is 0.0898 e. The summed E-state index contributed by atoms with van der Waals surface area (Å²) in [6.07, 6.45) is 2.10. The number of nitrogens with zero attached hydrogens (tertiary/aromatic N) is 1. The van der Waals surface area contributed by atoms with Crippen molar-refractivity contribution < 1.29 is 0 Å². The molecule has 2 nitrogen and oxygen atoms in total. The predicted octanol–water partition coefficient (Wildman–Crippen LogP) is 4.50. The highest BCUT2D eigenvalue weighted by molar-refractivity contribution is 9.10. The van der Waals surface area contributed by atoms with Crippen LogP contribution in [0.4, 0.5) is 0 Å². The van der Waals surface area contributed by atoms with Crippen molar-refractivity contribution in [2.24, 2.45) is 0 Å². The number of hydrogen-bond donors (Lipinski definition) is 1. The summed E-state index contributed by atoms with van der Waals surface area (Å²) in [5.74, 6) is 0. The first-order chi connectivity index (χ1) is 9.20. The van der Waals surface area contributed by atoms with Crippen molar-refractivity contribution in [3.63, 3.8) is 0 Å². The van der Waals surface area contributed by atoms with Gasteiger partial charge in [0.15, 0.2) is 0 Å². The average Bonchev–Trinajstić information content (AvgIpc) is 2.83. The summed E-state index contributed by atoms with van der Waals surface area (Å²) in [7, 11) is 0. The third kappa shape index (κ3) is 4.13. The number of aromatic nitrogens is 1. The molecule has 1 atom stereocenters. The van der Waals surface area contributed by atoms with Crippen LogP contribution < -0.4 is 5.32 Å². The van der Waals surface area contributed by atoms with Crippen LogP contribution in [0.2, 0.25) is 0 Å². The first-order valence-corrected chi connectivity index (χ1v) is 8.26. The Morgan fingerprint density at radius 3 is 2.79 bits per heavy atom. The third-order valence-electron chi connectivity index (χ3n) is 3.02. The van der Waals surface area contributed by atoms with Crippen LogP contribution in [0.1, 0.15) is 35.7 Å². The van der Waals surface area contributed by atoms with Gasteiger partial charge in [0, 0.05) is 9.85 Å². The molecule has 4 heteroatoms. The number of rotatable bonds is 6. The normalized spacial score (nSPS) is 12.6. The van der Waals surface area contributed by atoms with Crippen LogP contribution >= 0.6 is 27.3 Å². The molecule has 0 radical (unpaired) electrons. The smallest absolute Gasteiger partial charge is 0.0898 e. The molecule has 2 rings (SSSR count). The molecule has 1 unspecified atom stereocenters. The monoisotopic (exact) mass is 338 g/mol. The molecule has 1 heterocycles. The zero-order chi connectivity index (χ0) is 13.7. The summed E-state index contributed by atoms with van der Waals surface area (Å²) in [5.41, 5.74) is 2.48. The molecular weight excluding hydrogens is 320 g/mol. The second-order valence-corrected chi connectivity index (χ2v) is 6.51. The molecule has 1 N–H and O–H groups in total. The van der Waals surface area contributed by atoms with Crippen LogP contribution in [0, 0.1) is 6.92 Å². The van der Waals surface area contributed by atoms with E-state index in [0.717, 1.165) is 30.1 Å². The van der Waals surface area contributed by atoms with Gasteiger partial charge in [-0.3, -0.25) is 0 Å². The van der Waals surface area contributed by atoms with Gasteiger partial charge in [-0.15, -0.1) is 11.3 Å². The quantitative estimate of drug-likeness (QED) is 0.838. The molecule has 1 aromatic carbocycles. The van der Waals surface area contributed by atoms with Crippen molar-refractivity contribution in [2.45, 2.75) is 32.7 Å². The van der Waals surface area contributed by atoms with Gasteiger partial charge in [0.25, 0.3) is 0 Å². The molecule has 0 saturated carbocycles. The lowest BCUT2D eigenvalue weighted by Crippen LogP contribution is -2.24. The highest BCUT2D eigenvalue weighted by Crippen LogP contribution is 2.24. The van der Waals surface area contributed by atoms with Crippen LogP contribution in [-0.4, -0.2) is 11.5 Å². The van der Waals surface area contributed by atoms with Crippen LogP contribution in [0.15, 0.2) is 34.1 Å². The first kappa shape index (κ1) is 14.7. The van der Waals surface area contributed by atoms with E-state index >= 15 is 0 Å². The van der Waals surface area contributed by atoms with E-state index in [1.807, 2.05) is 0 Å². The van der Waals surface area contributed by atoms with Crippen LogP contribution in [-0.2, 0) is 6.42 Å². The van der Waals surface area contributed by atoms with E-state index in [9.17, 15) is 0 Å². The lowest BCUT2D eigenvalue weighted by molar-refractivity contribution is 0.519. The fourth-order valence-corrected chi connectivity index (χ4v) is 3.14.